The van der Waals surface area contributed by atoms with E-state index in [4.69, 9.17) is 30.6 Å². The lowest BCUT2D eigenvalue weighted by molar-refractivity contribution is -0.163. The number of nitrogens with one attached hydrogen (secondary N) is 1. The van der Waals surface area contributed by atoms with Crippen LogP contribution in [0.2, 0.25) is 5.02 Å². The number of hydroxylamine groups is 1. The van der Waals surface area contributed by atoms with Crippen molar-refractivity contribution in [3.05, 3.63) is 33.9 Å². The van der Waals surface area contributed by atoms with Gasteiger partial charge in [-0.1, -0.05) is 11.6 Å². The van der Waals surface area contributed by atoms with Crippen molar-refractivity contribution in [3.8, 4) is 5.75 Å². The highest BCUT2D eigenvalue weighted by molar-refractivity contribution is 6.32. The summed E-state index contributed by atoms with van der Waals surface area (Å²) in [5.41, 5.74) is 4.77. The second-order valence-corrected chi connectivity index (χ2v) is 10.6. The Morgan fingerprint density at radius 2 is 1.81 bits per heavy atom. The fourth-order valence-electron chi connectivity index (χ4n) is 4.03. The Labute approximate surface area is 192 Å². The van der Waals surface area contributed by atoms with E-state index < -0.39 is 35.5 Å². The highest BCUT2D eigenvalue weighted by Gasteiger charge is 2.51. The molecule has 32 heavy (non-hydrogen) atoms. The number of rotatable bonds is 2. The normalized spacial score (nSPS) is 22.3. The molecule has 1 amide bonds. The molecule has 1 fully saturated rings. The van der Waals surface area contributed by atoms with Gasteiger partial charge >= 0.3 is 12.1 Å². The van der Waals surface area contributed by atoms with E-state index in [9.17, 15) is 9.59 Å². The Hall–Kier alpha value is -2.45. The highest BCUT2D eigenvalue weighted by atomic mass is 35.5. The van der Waals surface area contributed by atoms with Crippen LogP contribution < -0.4 is 10.2 Å². The summed E-state index contributed by atoms with van der Waals surface area (Å²) in [6.07, 6.45) is -0.412. The van der Waals surface area contributed by atoms with Crippen LogP contribution in [0.25, 0.3) is 5.70 Å². The third kappa shape index (κ3) is 4.38. The van der Waals surface area contributed by atoms with Crippen LogP contribution in [0.5, 0.6) is 5.75 Å². The molecule has 3 aliphatic heterocycles. The molecule has 0 radical (unpaired) electrons. The van der Waals surface area contributed by atoms with Crippen molar-refractivity contribution in [1.29, 1.82) is 0 Å². The second-order valence-electron chi connectivity index (χ2n) is 10.2. The summed E-state index contributed by atoms with van der Waals surface area (Å²) in [5.74, 6) is 0.193. The molecule has 0 bridgehead atoms. The smallest absolute Gasteiger partial charge is 0.413 e. The summed E-state index contributed by atoms with van der Waals surface area (Å²) in [6.45, 7) is 11.3. The SMILES string of the molecule is CC(C)(C)OC(=O)[C@@H]1CC2=C(c3cc(Cl)c4c(c3)CCO4)NO[C@H]2N1C(=O)OC(C)(C)C. The molecule has 0 spiro atoms. The molecule has 3 heterocycles. The summed E-state index contributed by atoms with van der Waals surface area (Å²) in [7, 11) is 0. The van der Waals surface area contributed by atoms with Crippen molar-refractivity contribution >= 4 is 29.4 Å². The third-order valence-electron chi connectivity index (χ3n) is 5.20. The fraction of sp³-hybridized carbons (Fsp3) is 0.565. The first-order chi connectivity index (χ1) is 14.8. The van der Waals surface area contributed by atoms with Gasteiger partial charge in [-0.3, -0.25) is 10.4 Å². The molecule has 1 aromatic carbocycles. The predicted octanol–water partition coefficient (Wildman–Crippen LogP) is 4.20. The van der Waals surface area contributed by atoms with Gasteiger partial charge in [-0.25, -0.2) is 14.4 Å². The molecule has 0 aliphatic carbocycles. The minimum absolute atomic E-state index is 0.256. The van der Waals surface area contributed by atoms with Crippen molar-refractivity contribution in [2.75, 3.05) is 6.61 Å². The quantitative estimate of drug-likeness (QED) is 0.656. The summed E-state index contributed by atoms with van der Waals surface area (Å²) in [6, 6.07) is 2.92. The van der Waals surface area contributed by atoms with Gasteiger partial charge in [0.2, 0.25) is 0 Å². The molecule has 9 heteroatoms. The first-order valence-corrected chi connectivity index (χ1v) is 11.1. The second kappa shape index (κ2) is 7.85. The van der Waals surface area contributed by atoms with Gasteiger partial charge in [0.15, 0.2) is 6.23 Å². The van der Waals surface area contributed by atoms with Gasteiger partial charge < -0.3 is 14.2 Å². The first kappa shape index (κ1) is 22.7. The van der Waals surface area contributed by atoms with Gasteiger partial charge in [-0.2, -0.15) is 0 Å². The maximum atomic E-state index is 13.1. The Balaban J connectivity index is 1.71. The zero-order valence-electron chi connectivity index (χ0n) is 19.2. The van der Waals surface area contributed by atoms with Crippen LogP contribution in [0.15, 0.2) is 17.7 Å². The third-order valence-corrected chi connectivity index (χ3v) is 5.48. The molecule has 0 unspecified atom stereocenters. The summed E-state index contributed by atoms with van der Waals surface area (Å²) >= 11 is 6.42. The largest absolute Gasteiger partial charge is 0.491 e. The number of hydrogen-bond donors (Lipinski definition) is 1. The molecular weight excluding hydrogens is 436 g/mol. The van der Waals surface area contributed by atoms with Crippen LogP contribution >= 0.6 is 11.6 Å². The number of likely N-dealkylation sites (tertiary alicyclic amines) is 1. The standard InChI is InChI=1S/C23H29ClN2O6/c1-22(2,3)30-20(27)16-11-14-17(13-9-12-7-8-29-18(12)15(24)10-13)25-32-19(14)26(16)21(28)31-23(4,5)6/h9-10,16,19,25H,7-8,11H2,1-6H3/t16-,19+/m0/s1. The lowest BCUT2D eigenvalue weighted by Gasteiger charge is -2.31. The van der Waals surface area contributed by atoms with Gasteiger partial charge in [0, 0.05) is 24.0 Å². The maximum absolute atomic E-state index is 13.1. The number of carbonyl (C=O) groups excluding carboxylic acids is 2. The van der Waals surface area contributed by atoms with E-state index in [0.717, 1.165) is 23.1 Å². The summed E-state index contributed by atoms with van der Waals surface area (Å²) in [4.78, 5) is 33.2. The minimum Gasteiger partial charge on any atom is -0.491 e. The van der Waals surface area contributed by atoms with E-state index >= 15 is 0 Å². The van der Waals surface area contributed by atoms with E-state index in [-0.39, 0.29) is 6.42 Å². The number of halogens is 1. The van der Waals surface area contributed by atoms with Crippen LogP contribution in [-0.2, 0) is 25.5 Å². The van der Waals surface area contributed by atoms with Gasteiger partial charge in [0.25, 0.3) is 0 Å². The molecule has 3 aliphatic rings. The summed E-state index contributed by atoms with van der Waals surface area (Å²) in [5, 5.41) is 0.513. The van der Waals surface area contributed by atoms with Crippen LogP contribution in [0.1, 0.15) is 59.1 Å². The number of esters is 1. The topological polar surface area (TPSA) is 86.3 Å². The molecule has 0 aromatic heterocycles. The van der Waals surface area contributed by atoms with Gasteiger partial charge in [0.05, 0.1) is 17.3 Å². The molecule has 2 atom stereocenters. The molecule has 4 rings (SSSR count). The molecule has 0 saturated carbocycles. The Morgan fingerprint density at radius 3 is 2.47 bits per heavy atom. The molecule has 8 nitrogen and oxygen atoms in total. The molecule has 174 valence electrons. The highest BCUT2D eigenvalue weighted by Crippen LogP contribution is 2.43. The van der Waals surface area contributed by atoms with Gasteiger partial charge in [0.1, 0.15) is 23.0 Å². The van der Waals surface area contributed by atoms with Crippen molar-refractivity contribution in [1.82, 2.24) is 10.4 Å². The van der Waals surface area contributed by atoms with Crippen LogP contribution in [0, 0.1) is 0 Å². The Morgan fingerprint density at radius 1 is 1.12 bits per heavy atom. The lowest BCUT2D eigenvalue weighted by Crippen LogP contribution is -2.49. The summed E-state index contributed by atoms with van der Waals surface area (Å²) < 4.78 is 16.8. The molecule has 1 aromatic rings. The van der Waals surface area contributed by atoms with Crippen LogP contribution in [-0.4, -0.2) is 47.0 Å². The number of hydrogen-bond acceptors (Lipinski definition) is 7. The number of nitrogens with zero attached hydrogens (tertiary/aromatic N) is 1. The zero-order chi connectivity index (χ0) is 23.4. The van der Waals surface area contributed by atoms with Crippen molar-refractivity contribution in [2.45, 2.75) is 77.9 Å². The maximum Gasteiger partial charge on any atom is 0.413 e. The number of amides is 1. The van der Waals surface area contributed by atoms with Crippen molar-refractivity contribution in [2.24, 2.45) is 0 Å². The van der Waals surface area contributed by atoms with E-state index in [1.54, 1.807) is 47.6 Å². The molecule has 1 saturated heterocycles. The Kier molecular flexibility index (Phi) is 5.57. The monoisotopic (exact) mass is 464 g/mol. The van der Waals surface area contributed by atoms with Gasteiger partial charge in [-0.05, 0) is 59.2 Å². The van der Waals surface area contributed by atoms with Crippen LogP contribution in [0.4, 0.5) is 4.79 Å². The van der Waals surface area contributed by atoms with E-state index in [2.05, 4.69) is 5.48 Å². The first-order valence-electron chi connectivity index (χ1n) is 10.7. The van der Waals surface area contributed by atoms with Crippen molar-refractivity contribution in [3.63, 3.8) is 0 Å². The molecular formula is C23H29ClN2O6. The average Bonchev–Trinajstić information content (AvgIpc) is 3.32. The fourth-order valence-corrected chi connectivity index (χ4v) is 4.32. The number of benzene rings is 1. The van der Waals surface area contributed by atoms with Gasteiger partial charge in [-0.15, -0.1) is 0 Å². The lowest BCUT2D eigenvalue weighted by atomic mass is 10.0. The van der Waals surface area contributed by atoms with Crippen LogP contribution in [0.3, 0.4) is 0 Å². The number of fused-ring (bicyclic) bond motifs is 2. The Bertz CT molecular complexity index is 991. The van der Waals surface area contributed by atoms with E-state index in [0.29, 0.717) is 23.1 Å². The number of carbonyl (C=O) groups is 2. The number of ether oxygens (including phenoxy) is 3. The minimum atomic E-state index is -0.866. The van der Waals surface area contributed by atoms with Crippen molar-refractivity contribution < 1.29 is 28.6 Å². The van der Waals surface area contributed by atoms with E-state index in [1.165, 1.54) is 4.90 Å². The average molecular weight is 465 g/mol. The van der Waals surface area contributed by atoms with E-state index in [1.807, 2.05) is 6.07 Å². The predicted molar refractivity (Wildman–Crippen MR) is 118 cm³/mol. The zero-order valence-corrected chi connectivity index (χ0v) is 20.0. The molecule has 1 N–H and O–H groups in total.